The third-order valence-electron chi connectivity index (χ3n) is 5.16. The Balaban J connectivity index is 1.52. The van der Waals surface area contributed by atoms with Gasteiger partial charge >= 0.3 is 0 Å². The Morgan fingerprint density at radius 2 is 2.04 bits per heavy atom. The third kappa shape index (κ3) is 3.16. The zero-order chi connectivity index (χ0) is 18.3. The van der Waals surface area contributed by atoms with Crippen LogP contribution in [0.1, 0.15) is 38.7 Å². The fourth-order valence-electron chi connectivity index (χ4n) is 3.85. The second kappa shape index (κ2) is 6.87. The van der Waals surface area contributed by atoms with Crippen molar-refractivity contribution in [1.82, 2.24) is 25.1 Å². The van der Waals surface area contributed by atoms with E-state index in [1.54, 1.807) is 0 Å². The van der Waals surface area contributed by atoms with Crippen molar-refractivity contribution in [3.63, 3.8) is 0 Å². The second-order valence-corrected chi connectivity index (χ2v) is 8.13. The SMILES string of the molecule is Cc1ccc2[nH]c3nc(SCC(=O)N4C(C)CCCC4C)nnc3c2c1. The van der Waals surface area contributed by atoms with Gasteiger partial charge in [0.1, 0.15) is 5.52 Å². The standard InChI is InChI=1S/C19H23N5OS/c1-11-7-8-15-14(9-11)17-18(20-15)21-19(23-22-17)26-10-16(25)24-12(2)5-4-6-13(24)3/h7-9,12-13H,4-6,10H2,1-3H3,(H,20,21,23). The first-order chi connectivity index (χ1) is 12.5. The van der Waals surface area contributed by atoms with Crippen molar-refractivity contribution in [2.24, 2.45) is 0 Å². The summed E-state index contributed by atoms with van der Waals surface area (Å²) in [5.74, 6) is 0.506. The fraction of sp³-hybridized carbons (Fsp3) is 0.474. The molecule has 0 spiro atoms. The van der Waals surface area contributed by atoms with Crippen LogP contribution in [0.5, 0.6) is 0 Å². The number of carbonyl (C=O) groups excluding carboxylic acids is 1. The molecule has 1 fully saturated rings. The van der Waals surface area contributed by atoms with Crippen LogP contribution in [0.25, 0.3) is 22.1 Å². The molecule has 3 aromatic rings. The van der Waals surface area contributed by atoms with Gasteiger partial charge in [0.15, 0.2) is 5.65 Å². The van der Waals surface area contributed by atoms with Crippen LogP contribution < -0.4 is 0 Å². The third-order valence-corrected chi connectivity index (χ3v) is 5.98. The van der Waals surface area contributed by atoms with Gasteiger partial charge < -0.3 is 9.88 Å². The van der Waals surface area contributed by atoms with E-state index in [0.29, 0.717) is 23.0 Å². The topological polar surface area (TPSA) is 74.8 Å². The Bertz CT molecular complexity index is 959. The number of aryl methyl sites for hydroxylation is 1. The molecule has 1 aromatic carbocycles. The van der Waals surface area contributed by atoms with Crippen LogP contribution in [0.3, 0.4) is 0 Å². The molecule has 3 heterocycles. The molecule has 2 atom stereocenters. The molecule has 7 heteroatoms. The Morgan fingerprint density at radius 1 is 1.27 bits per heavy atom. The number of aromatic amines is 1. The molecule has 1 N–H and O–H groups in total. The maximum atomic E-state index is 12.7. The number of likely N-dealkylation sites (tertiary alicyclic amines) is 1. The molecular weight excluding hydrogens is 346 g/mol. The molecule has 1 saturated heterocycles. The van der Waals surface area contributed by atoms with Crippen molar-refractivity contribution < 1.29 is 4.79 Å². The largest absolute Gasteiger partial charge is 0.338 e. The van der Waals surface area contributed by atoms with Crippen molar-refractivity contribution in [2.75, 3.05) is 5.75 Å². The number of H-pyrrole nitrogens is 1. The van der Waals surface area contributed by atoms with Crippen LogP contribution in [-0.2, 0) is 4.79 Å². The highest BCUT2D eigenvalue weighted by atomic mass is 32.2. The zero-order valence-corrected chi connectivity index (χ0v) is 16.1. The lowest BCUT2D eigenvalue weighted by Crippen LogP contribution is -2.48. The van der Waals surface area contributed by atoms with Crippen LogP contribution in [0.15, 0.2) is 23.4 Å². The first kappa shape index (κ1) is 17.3. The molecule has 1 aliphatic heterocycles. The molecule has 0 aliphatic carbocycles. The van der Waals surface area contributed by atoms with E-state index in [0.717, 1.165) is 34.9 Å². The lowest BCUT2D eigenvalue weighted by atomic mass is 9.98. The minimum Gasteiger partial charge on any atom is -0.338 e. The van der Waals surface area contributed by atoms with Gasteiger partial charge in [0.05, 0.1) is 5.75 Å². The highest BCUT2D eigenvalue weighted by Crippen LogP contribution is 2.26. The Kier molecular flexibility index (Phi) is 4.56. The van der Waals surface area contributed by atoms with Gasteiger partial charge in [-0.1, -0.05) is 23.4 Å². The number of carbonyl (C=O) groups is 1. The van der Waals surface area contributed by atoms with Crippen molar-refractivity contribution in [1.29, 1.82) is 0 Å². The van der Waals surface area contributed by atoms with Crippen molar-refractivity contribution in [2.45, 2.75) is 57.3 Å². The van der Waals surface area contributed by atoms with E-state index in [-0.39, 0.29) is 5.91 Å². The average molecular weight is 369 g/mol. The van der Waals surface area contributed by atoms with E-state index in [1.807, 2.05) is 11.0 Å². The minimum atomic E-state index is 0.158. The van der Waals surface area contributed by atoms with E-state index < -0.39 is 0 Å². The highest BCUT2D eigenvalue weighted by Gasteiger charge is 2.28. The first-order valence-corrected chi connectivity index (χ1v) is 10.1. The van der Waals surface area contributed by atoms with Crippen LogP contribution >= 0.6 is 11.8 Å². The maximum absolute atomic E-state index is 12.7. The van der Waals surface area contributed by atoms with Crippen LogP contribution in [-0.4, -0.2) is 48.8 Å². The maximum Gasteiger partial charge on any atom is 0.233 e. The average Bonchev–Trinajstić information content (AvgIpc) is 2.97. The molecule has 6 nitrogen and oxygen atoms in total. The van der Waals surface area contributed by atoms with Gasteiger partial charge in [-0.05, 0) is 52.2 Å². The number of piperidine rings is 1. The first-order valence-electron chi connectivity index (χ1n) is 9.09. The molecule has 26 heavy (non-hydrogen) atoms. The smallest absolute Gasteiger partial charge is 0.233 e. The number of rotatable bonds is 3. The van der Waals surface area contributed by atoms with E-state index in [1.165, 1.54) is 23.7 Å². The van der Waals surface area contributed by atoms with Crippen LogP contribution in [0.4, 0.5) is 0 Å². The second-order valence-electron chi connectivity index (χ2n) is 7.18. The van der Waals surface area contributed by atoms with Gasteiger partial charge in [0, 0.05) is 23.0 Å². The summed E-state index contributed by atoms with van der Waals surface area (Å²) in [6.45, 7) is 6.32. The van der Waals surface area contributed by atoms with Crippen molar-refractivity contribution in [3.05, 3.63) is 23.8 Å². The van der Waals surface area contributed by atoms with Gasteiger partial charge in [-0.2, -0.15) is 0 Å². The Hall–Kier alpha value is -2.15. The summed E-state index contributed by atoms with van der Waals surface area (Å²) in [6, 6.07) is 6.79. The molecule has 0 radical (unpaired) electrons. The van der Waals surface area contributed by atoms with E-state index in [9.17, 15) is 4.79 Å². The van der Waals surface area contributed by atoms with Crippen LogP contribution in [0.2, 0.25) is 0 Å². The van der Waals surface area contributed by atoms with Crippen molar-refractivity contribution >= 4 is 39.7 Å². The number of benzene rings is 1. The molecule has 2 aromatic heterocycles. The quantitative estimate of drug-likeness (QED) is 0.713. The molecule has 1 amide bonds. The molecule has 1 aliphatic rings. The summed E-state index contributed by atoms with van der Waals surface area (Å²) in [5, 5.41) is 10.1. The molecule has 0 saturated carbocycles. The highest BCUT2D eigenvalue weighted by molar-refractivity contribution is 7.99. The minimum absolute atomic E-state index is 0.158. The number of fused-ring (bicyclic) bond motifs is 3. The van der Waals surface area contributed by atoms with E-state index >= 15 is 0 Å². The number of amides is 1. The van der Waals surface area contributed by atoms with Gasteiger partial charge in [0.25, 0.3) is 0 Å². The summed E-state index contributed by atoms with van der Waals surface area (Å²) < 4.78 is 0. The number of aromatic nitrogens is 4. The van der Waals surface area contributed by atoms with Crippen LogP contribution in [0, 0.1) is 6.92 Å². The lowest BCUT2D eigenvalue weighted by Gasteiger charge is -2.39. The summed E-state index contributed by atoms with van der Waals surface area (Å²) in [4.78, 5) is 22.5. The molecular formula is C19H23N5OS. The molecule has 136 valence electrons. The van der Waals surface area contributed by atoms with Gasteiger partial charge in [-0.15, -0.1) is 10.2 Å². The number of nitrogens with one attached hydrogen (secondary N) is 1. The fourth-order valence-corrected chi connectivity index (χ4v) is 4.50. The summed E-state index contributed by atoms with van der Waals surface area (Å²) in [7, 11) is 0. The predicted octanol–water partition coefficient (Wildman–Crippen LogP) is 3.70. The monoisotopic (exact) mass is 369 g/mol. The Morgan fingerprint density at radius 3 is 2.81 bits per heavy atom. The number of thioether (sulfide) groups is 1. The summed E-state index contributed by atoms with van der Waals surface area (Å²) >= 11 is 1.36. The number of hydrogen-bond donors (Lipinski definition) is 1. The van der Waals surface area contributed by atoms with E-state index in [4.69, 9.17) is 0 Å². The number of hydrogen-bond acceptors (Lipinski definition) is 5. The number of nitrogens with zero attached hydrogens (tertiary/aromatic N) is 4. The molecule has 0 bridgehead atoms. The predicted molar refractivity (Wildman–Crippen MR) is 104 cm³/mol. The van der Waals surface area contributed by atoms with Gasteiger partial charge in [-0.3, -0.25) is 4.79 Å². The Labute approximate surface area is 156 Å². The zero-order valence-electron chi connectivity index (χ0n) is 15.3. The lowest BCUT2D eigenvalue weighted by molar-refractivity contribution is -0.134. The van der Waals surface area contributed by atoms with Crippen molar-refractivity contribution in [3.8, 4) is 0 Å². The molecule has 2 unspecified atom stereocenters. The molecule has 4 rings (SSSR count). The summed E-state index contributed by atoms with van der Waals surface area (Å²) in [5.41, 5.74) is 3.67. The van der Waals surface area contributed by atoms with Gasteiger partial charge in [-0.25, -0.2) is 4.98 Å². The van der Waals surface area contributed by atoms with E-state index in [2.05, 4.69) is 53.1 Å². The summed E-state index contributed by atoms with van der Waals surface area (Å²) in [6.07, 6.45) is 3.36. The normalized spacial score (nSPS) is 20.8. The van der Waals surface area contributed by atoms with Gasteiger partial charge in [0.2, 0.25) is 11.1 Å².